The van der Waals surface area contributed by atoms with E-state index in [9.17, 15) is 9.13 Å². The Balaban J connectivity index is 1.08. The Kier molecular flexibility index (Phi) is 9.28. The number of rotatable bonds is 12. The Morgan fingerprint density at radius 1 is 0.250 bits per heavy atom. The fraction of sp³-hybridized carbons (Fsp3) is 0. The van der Waals surface area contributed by atoms with E-state index in [1.165, 1.54) is 12.1 Å². The number of para-hydroxylation sites is 2. The Labute approximate surface area is 322 Å². The third-order valence-corrected chi connectivity index (χ3v) is 11.6. The summed E-state index contributed by atoms with van der Waals surface area (Å²) in [5.41, 5.74) is 0. The van der Waals surface area contributed by atoms with Crippen LogP contribution in [0.15, 0.2) is 194 Å². The third kappa shape index (κ3) is 7.75. The molecule has 0 atom stereocenters. The first-order valence-electron chi connectivity index (χ1n) is 17.8. The van der Waals surface area contributed by atoms with Gasteiger partial charge in [0.2, 0.25) is 0 Å². The monoisotopic (exact) mass is 774 g/mol. The fourth-order valence-corrected chi connectivity index (χ4v) is 8.86. The van der Waals surface area contributed by atoms with Crippen LogP contribution >= 0.6 is 15.6 Å². The van der Waals surface area contributed by atoms with Crippen LogP contribution in [0.25, 0.3) is 43.1 Å². The molecule has 56 heavy (non-hydrogen) atoms. The van der Waals surface area contributed by atoms with E-state index in [0.29, 0.717) is 0 Å². The van der Waals surface area contributed by atoms with Gasteiger partial charge in [-0.25, -0.2) is 0 Å². The van der Waals surface area contributed by atoms with Crippen molar-refractivity contribution in [1.29, 1.82) is 0 Å². The molecule has 0 unspecified atom stereocenters. The van der Waals surface area contributed by atoms with Crippen molar-refractivity contribution in [3.63, 3.8) is 0 Å². The molecule has 274 valence electrons. The van der Waals surface area contributed by atoms with Gasteiger partial charge in [0.25, 0.3) is 0 Å². The van der Waals surface area contributed by atoms with E-state index in [1.54, 1.807) is 60.7 Å². The summed E-state index contributed by atoms with van der Waals surface area (Å²) < 4.78 is 66.6. The summed E-state index contributed by atoms with van der Waals surface area (Å²) in [6.45, 7) is 0. The third-order valence-electron chi connectivity index (χ3n) is 9.02. The number of phosphoric acid groups is 2. The summed E-state index contributed by atoms with van der Waals surface area (Å²) in [7, 11) is -9.15. The summed E-state index contributed by atoms with van der Waals surface area (Å²) in [5.74, 6) is 0.795. The molecule has 9 rings (SSSR count). The van der Waals surface area contributed by atoms with E-state index in [1.807, 2.05) is 121 Å². The fourth-order valence-electron chi connectivity index (χ4n) is 6.37. The van der Waals surface area contributed by atoms with E-state index in [-0.39, 0.29) is 34.5 Å². The lowest BCUT2D eigenvalue weighted by atomic mass is 10.1. The first-order chi connectivity index (χ1) is 27.4. The number of hydrogen-bond acceptors (Lipinski definition) is 8. The first kappa shape index (κ1) is 35.0. The summed E-state index contributed by atoms with van der Waals surface area (Å²) >= 11 is 0. The van der Waals surface area contributed by atoms with Crippen LogP contribution in [0.1, 0.15) is 0 Å². The van der Waals surface area contributed by atoms with Gasteiger partial charge in [-0.3, -0.25) is 0 Å². The Bertz CT molecular complexity index is 2610. The Morgan fingerprint density at radius 2 is 0.482 bits per heavy atom. The minimum absolute atomic E-state index is 0.0955. The van der Waals surface area contributed by atoms with Crippen LogP contribution < -0.4 is 27.1 Å². The smallest absolute Gasteiger partial charge is 0.386 e. The van der Waals surface area contributed by atoms with Crippen LogP contribution in [0, 0.1) is 0 Å². The van der Waals surface area contributed by atoms with Gasteiger partial charge in [0.05, 0.1) is 0 Å². The van der Waals surface area contributed by atoms with Crippen LogP contribution in [0.5, 0.6) is 34.5 Å². The molecule has 0 bridgehead atoms. The lowest BCUT2D eigenvalue weighted by Crippen LogP contribution is -2.10. The van der Waals surface area contributed by atoms with Crippen LogP contribution in [0.2, 0.25) is 0 Å². The second-order valence-corrected chi connectivity index (χ2v) is 15.8. The Morgan fingerprint density at radius 3 is 0.750 bits per heavy atom. The lowest BCUT2D eigenvalue weighted by molar-refractivity contribution is 0.279. The quantitative estimate of drug-likeness (QED) is 0.113. The second kappa shape index (κ2) is 14.8. The molecule has 10 heteroatoms. The number of benzene rings is 9. The average molecular weight is 775 g/mol. The van der Waals surface area contributed by atoms with Crippen LogP contribution in [0.4, 0.5) is 0 Å². The summed E-state index contributed by atoms with van der Waals surface area (Å²) in [5, 5.41) is 7.34. The van der Waals surface area contributed by atoms with E-state index >= 15 is 0 Å². The van der Waals surface area contributed by atoms with E-state index in [4.69, 9.17) is 27.1 Å². The van der Waals surface area contributed by atoms with Crippen LogP contribution in [-0.4, -0.2) is 0 Å². The van der Waals surface area contributed by atoms with Crippen molar-refractivity contribution < 1.29 is 36.3 Å². The van der Waals surface area contributed by atoms with Gasteiger partial charge < -0.3 is 27.1 Å². The van der Waals surface area contributed by atoms with Gasteiger partial charge in [-0.1, -0.05) is 133 Å². The molecule has 0 heterocycles. The highest BCUT2D eigenvalue weighted by Gasteiger charge is 2.38. The highest BCUT2D eigenvalue weighted by Crippen LogP contribution is 2.56. The van der Waals surface area contributed by atoms with E-state index in [2.05, 4.69) is 0 Å². The molecule has 8 nitrogen and oxygen atoms in total. The zero-order valence-electron chi connectivity index (χ0n) is 29.6. The molecule has 0 aliphatic rings. The van der Waals surface area contributed by atoms with Crippen LogP contribution in [0.3, 0.4) is 0 Å². The molecule has 0 spiro atoms. The van der Waals surface area contributed by atoms with Crippen molar-refractivity contribution >= 4 is 58.7 Å². The normalized spacial score (nSPS) is 11.7. The van der Waals surface area contributed by atoms with Crippen molar-refractivity contribution in [2.24, 2.45) is 0 Å². The van der Waals surface area contributed by atoms with Crippen molar-refractivity contribution in [3.05, 3.63) is 194 Å². The van der Waals surface area contributed by atoms with Gasteiger partial charge in [-0.15, -0.1) is 0 Å². The molecule has 0 amide bonds. The van der Waals surface area contributed by atoms with Gasteiger partial charge in [0.1, 0.15) is 23.0 Å². The van der Waals surface area contributed by atoms with Crippen molar-refractivity contribution in [3.8, 4) is 34.5 Å². The Hall–Kier alpha value is -6.72. The maximum atomic E-state index is 14.9. The molecule has 0 fully saturated rings. The van der Waals surface area contributed by atoms with Gasteiger partial charge >= 0.3 is 15.6 Å². The summed E-state index contributed by atoms with van der Waals surface area (Å²) in [6, 6.07) is 58.4. The van der Waals surface area contributed by atoms with E-state index in [0.717, 1.165) is 43.1 Å². The predicted molar refractivity (Wildman–Crippen MR) is 221 cm³/mol. The zero-order chi connectivity index (χ0) is 38.0. The highest BCUT2D eigenvalue weighted by molar-refractivity contribution is 7.50. The number of hydrogen-bond donors (Lipinski definition) is 0. The predicted octanol–water partition coefficient (Wildman–Crippen LogP) is 13.6. The van der Waals surface area contributed by atoms with Crippen LogP contribution in [-0.2, 0) is 9.13 Å². The second-order valence-electron chi connectivity index (χ2n) is 12.9. The molecule has 0 aromatic heterocycles. The van der Waals surface area contributed by atoms with Gasteiger partial charge in [-0.05, 0) is 104 Å². The van der Waals surface area contributed by atoms with Gasteiger partial charge in [-0.2, -0.15) is 9.13 Å². The highest BCUT2D eigenvalue weighted by atomic mass is 31.2. The van der Waals surface area contributed by atoms with Gasteiger partial charge in [0, 0.05) is 0 Å². The van der Waals surface area contributed by atoms with E-state index < -0.39 is 15.6 Å². The molecule has 0 radical (unpaired) electrons. The minimum Gasteiger partial charge on any atom is -0.386 e. The molecule has 9 aromatic rings. The molecule has 0 saturated carbocycles. The molecule has 0 saturated heterocycles. The molecule has 0 N–H and O–H groups in total. The van der Waals surface area contributed by atoms with Gasteiger partial charge in [0.15, 0.2) is 11.5 Å². The standard InChI is InChI=1S/C46H32O8P2/c47-55(49-41-25-21-33-11-1-5-15-37(33)29-41,50-42-26-22-34-12-2-6-16-38(34)30-42)53-45-19-9-10-20-46(45)54-56(48,51-43-27-23-35-13-3-7-17-39(35)31-43)52-44-28-24-36-14-4-8-18-40(36)32-44/h1-32H. The maximum Gasteiger partial charge on any atom is 0.647 e. The number of fused-ring (bicyclic) bond motifs is 4. The first-order valence-corrected chi connectivity index (χ1v) is 20.7. The lowest BCUT2D eigenvalue weighted by Gasteiger charge is -2.23. The molecular weight excluding hydrogens is 742 g/mol. The minimum atomic E-state index is -4.57. The van der Waals surface area contributed by atoms with Crippen molar-refractivity contribution in [1.82, 2.24) is 0 Å². The molecule has 0 aliphatic heterocycles. The topological polar surface area (TPSA) is 89.5 Å². The largest absolute Gasteiger partial charge is 0.647 e. The zero-order valence-corrected chi connectivity index (χ0v) is 31.4. The summed E-state index contributed by atoms with van der Waals surface area (Å²) in [4.78, 5) is 0. The van der Waals surface area contributed by atoms with Crippen molar-refractivity contribution in [2.75, 3.05) is 0 Å². The SMILES string of the molecule is O=P(Oc1ccc2ccccc2c1)(Oc1ccc2ccccc2c1)Oc1ccccc1OP(=O)(Oc1ccc2ccccc2c1)Oc1ccc2ccccc2c1. The average Bonchev–Trinajstić information content (AvgIpc) is 3.21. The number of phosphoric ester groups is 2. The molecule has 0 aliphatic carbocycles. The maximum absolute atomic E-state index is 14.9. The summed E-state index contributed by atoms with van der Waals surface area (Å²) in [6.07, 6.45) is 0. The molecular formula is C46H32O8P2. The molecule has 9 aromatic carbocycles. The van der Waals surface area contributed by atoms with Crippen molar-refractivity contribution in [2.45, 2.75) is 0 Å².